The van der Waals surface area contributed by atoms with Crippen molar-refractivity contribution in [1.82, 2.24) is 20.2 Å². The van der Waals surface area contributed by atoms with Crippen molar-refractivity contribution in [1.29, 1.82) is 0 Å². The van der Waals surface area contributed by atoms with Crippen LogP contribution in [-0.2, 0) is 27.1 Å². The van der Waals surface area contributed by atoms with Gasteiger partial charge in [0.1, 0.15) is 11.3 Å². The van der Waals surface area contributed by atoms with Crippen molar-refractivity contribution in [3.8, 4) is 5.69 Å². The molecular formula is C23H25N5O5S. The molecule has 0 radical (unpaired) electrons. The topological polar surface area (TPSA) is 125 Å². The molecule has 1 aromatic carbocycles. The fraction of sp³-hybridized carbons (Fsp3) is 0.391. The Bertz CT molecular complexity index is 1200. The third-order valence-corrected chi connectivity index (χ3v) is 6.51. The number of thiophene rings is 1. The third kappa shape index (κ3) is 5.30. The summed E-state index contributed by atoms with van der Waals surface area (Å²) in [5.74, 6) is -1.14. The summed E-state index contributed by atoms with van der Waals surface area (Å²) in [6.45, 7) is 5.24. The zero-order valence-corrected chi connectivity index (χ0v) is 19.9. The molecule has 10 nitrogen and oxygen atoms in total. The van der Waals surface area contributed by atoms with E-state index < -0.39 is 24.5 Å². The molecule has 0 saturated heterocycles. The summed E-state index contributed by atoms with van der Waals surface area (Å²) in [5, 5.41) is 14.1. The van der Waals surface area contributed by atoms with Crippen molar-refractivity contribution in [2.45, 2.75) is 46.1 Å². The van der Waals surface area contributed by atoms with Gasteiger partial charge in [0.05, 0.1) is 22.9 Å². The first-order valence-corrected chi connectivity index (χ1v) is 11.8. The highest BCUT2D eigenvalue weighted by molar-refractivity contribution is 7.17. The maximum atomic E-state index is 12.8. The van der Waals surface area contributed by atoms with Crippen LogP contribution in [0.5, 0.6) is 0 Å². The molecule has 0 spiro atoms. The van der Waals surface area contributed by atoms with Crippen LogP contribution in [0.1, 0.15) is 58.3 Å². The van der Waals surface area contributed by atoms with Crippen LogP contribution in [-0.4, -0.2) is 50.8 Å². The molecule has 1 aliphatic carbocycles. The Morgan fingerprint density at radius 2 is 2.09 bits per heavy atom. The molecule has 0 saturated carbocycles. The van der Waals surface area contributed by atoms with Crippen molar-refractivity contribution in [3.63, 3.8) is 0 Å². The van der Waals surface area contributed by atoms with Crippen LogP contribution in [0, 0.1) is 5.92 Å². The Kier molecular flexibility index (Phi) is 7.01. The van der Waals surface area contributed by atoms with E-state index in [4.69, 9.17) is 9.47 Å². The van der Waals surface area contributed by atoms with Gasteiger partial charge in [-0.25, -0.2) is 14.3 Å². The second-order valence-corrected chi connectivity index (χ2v) is 9.54. The molecule has 1 N–H and O–H groups in total. The predicted octanol–water partition coefficient (Wildman–Crippen LogP) is 3.21. The lowest BCUT2D eigenvalue weighted by Gasteiger charge is -2.18. The molecule has 1 unspecified atom stereocenters. The molecule has 0 fully saturated rings. The number of nitrogens with one attached hydrogen (secondary N) is 1. The zero-order chi connectivity index (χ0) is 24.2. The standard InChI is InChI=1S/C23H25N5O5S/c1-13(2)33-23(31)20-17-8-7-14(3)9-18(17)34-21(20)25-19(29)11-32-22(30)15-5-4-6-16(10-15)28-12-24-26-27-28/h4-6,10,12-14H,7-9,11H2,1-3H3,(H,25,29). The number of carbonyl (C=O) groups is 3. The van der Waals surface area contributed by atoms with Gasteiger partial charge in [0.2, 0.25) is 0 Å². The number of ether oxygens (including phenoxy) is 2. The van der Waals surface area contributed by atoms with Gasteiger partial charge in [-0.2, -0.15) is 0 Å². The second kappa shape index (κ2) is 10.1. The van der Waals surface area contributed by atoms with Crippen molar-refractivity contribution >= 4 is 34.2 Å². The highest BCUT2D eigenvalue weighted by Gasteiger charge is 2.29. The van der Waals surface area contributed by atoms with Gasteiger partial charge in [0.25, 0.3) is 5.91 Å². The Balaban J connectivity index is 1.44. The van der Waals surface area contributed by atoms with Crippen LogP contribution in [0.4, 0.5) is 5.00 Å². The highest BCUT2D eigenvalue weighted by Crippen LogP contribution is 2.40. The average molecular weight is 484 g/mol. The molecule has 1 aliphatic rings. The molecule has 11 heteroatoms. The number of fused-ring (bicyclic) bond motifs is 1. The van der Waals surface area contributed by atoms with Gasteiger partial charge in [0.15, 0.2) is 6.61 Å². The highest BCUT2D eigenvalue weighted by atomic mass is 32.1. The molecule has 34 heavy (non-hydrogen) atoms. The first kappa shape index (κ1) is 23.6. The van der Waals surface area contributed by atoms with Crippen LogP contribution >= 0.6 is 11.3 Å². The summed E-state index contributed by atoms with van der Waals surface area (Å²) in [4.78, 5) is 39.0. The number of anilines is 1. The van der Waals surface area contributed by atoms with Crippen molar-refractivity contribution < 1.29 is 23.9 Å². The quantitative estimate of drug-likeness (QED) is 0.508. The number of esters is 2. The van der Waals surface area contributed by atoms with Gasteiger partial charge < -0.3 is 14.8 Å². The lowest BCUT2D eigenvalue weighted by atomic mass is 9.88. The molecule has 178 valence electrons. The van der Waals surface area contributed by atoms with Gasteiger partial charge in [-0.3, -0.25) is 4.79 Å². The van der Waals surface area contributed by atoms with Gasteiger partial charge in [0, 0.05) is 4.88 Å². The maximum Gasteiger partial charge on any atom is 0.341 e. The number of carbonyl (C=O) groups excluding carboxylic acids is 3. The van der Waals surface area contributed by atoms with E-state index in [2.05, 4.69) is 27.8 Å². The SMILES string of the molecule is CC1CCc2c(sc(NC(=O)COC(=O)c3cccc(-n4cnnn4)c3)c2C(=O)OC(C)C)C1. The van der Waals surface area contributed by atoms with E-state index in [0.717, 1.165) is 29.7 Å². The lowest BCUT2D eigenvalue weighted by molar-refractivity contribution is -0.119. The van der Waals surface area contributed by atoms with E-state index in [1.165, 1.54) is 22.3 Å². The molecule has 2 heterocycles. The average Bonchev–Trinajstić information content (AvgIpc) is 3.45. The van der Waals surface area contributed by atoms with E-state index in [9.17, 15) is 14.4 Å². The lowest BCUT2D eigenvalue weighted by Crippen LogP contribution is -2.22. The predicted molar refractivity (Wildman–Crippen MR) is 124 cm³/mol. The normalized spacial score (nSPS) is 15.0. The van der Waals surface area contributed by atoms with Crippen LogP contribution < -0.4 is 5.32 Å². The molecule has 2 aromatic heterocycles. The minimum atomic E-state index is -0.663. The minimum absolute atomic E-state index is 0.252. The summed E-state index contributed by atoms with van der Waals surface area (Å²) in [6, 6.07) is 6.53. The molecule has 0 aliphatic heterocycles. The van der Waals surface area contributed by atoms with Gasteiger partial charge in [-0.15, -0.1) is 16.4 Å². The van der Waals surface area contributed by atoms with E-state index in [1.54, 1.807) is 38.1 Å². The second-order valence-electron chi connectivity index (χ2n) is 8.44. The molecule has 1 atom stereocenters. The molecule has 3 aromatic rings. The van der Waals surface area contributed by atoms with E-state index >= 15 is 0 Å². The number of nitrogens with zero attached hydrogens (tertiary/aromatic N) is 4. The van der Waals surface area contributed by atoms with Crippen molar-refractivity contribution in [3.05, 3.63) is 52.2 Å². The van der Waals surface area contributed by atoms with E-state index in [-0.39, 0.29) is 11.7 Å². The Labute approximate surface area is 200 Å². The number of rotatable bonds is 7. The van der Waals surface area contributed by atoms with Crippen LogP contribution in [0.2, 0.25) is 0 Å². The molecular weight excluding hydrogens is 458 g/mol. The smallest absolute Gasteiger partial charge is 0.341 e. The Hall–Kier alpha value is -3.60. The number of hydrogen-bond donors (Lipinski definition) is 1. The zero-order valence-electron chi connectivity index (χ0n) is 19.1. The summed E-state index contributed by atoms with van der Waals surface area (Å²) in [5.41, 5.74) is 2.19. The number of tetrazole rings is 1. The first-order chi connectivity index (χ1) is 16.3. The summed E-state index contributed by atoms with van der Waals surface area (Å²) >= 11 is 1.39. The molecule has 4 rings (SSSR count). The number of hydrogen-bond acceptors (Lipinski definition) is 9. The van der Waals surface area contributed by atoms with Gasteiger partial charge in [-0.05, 0) is 73.2 Å². The number of aromatic nitrogens is 4. The monoisotopic (exact) mass is 483 g/mol. The number of amides is 1. The summed E-state index contributed by atoms with van der Waals surface area (Å²) < 4.78 is 12.0. The first-order valence-electron chi connectivity index (χ1n) is 11.0. The third-order valence-electron chi connectivity index (χ3n) is 5.34. The van der Waals surface area contributed by atoms with Gasteiger partial charge in [-0.1, -0.05) is 13.0 Å². The fourth-order valence-corrected chi connectivity index (χ4v) is 5.17. The largest absolute Gasteiger partial charge is 0.459 e. The Morgan fingerprint density at radius 1 is 1.26 bits per heavy atom. The minimum Gasteiger partial charge on any atom is -0.459 e. The van der Waals surface area contributed by atoms with Crippen LogP contribution in [0.25, 0.3) is 5.69 Å². The van der Waals surface area contributed by atoms with Crippen molar-refractivity contribution in [2.24, 2.45) is 5.92 Å². The van der Waals surface area contributed by atoms with Crippen LogP contribution in [0.15, 0.2) is 30.6 Å². The molecule has 1 amide bonds. The summed E-state index contributed by atoms with van der Waals surface area (Å²) in [7, 11) is 0. The van der Waals surface area contributed by atoms with E-state index in [1.807, 2.05) is 0 Å². The van der Waals surface area contributed by atoms with Crippen molar-refractivity contribution in [2.75, 3.05) is 11.9 Å². The van der Waals surface area contributed by atoms with Crippen LogP contribution in [0.3, 0.4) is 0 Å². The fourth-order valence-electron chi connectivity index (χ4n) is 3.76. The number of benzene rings is 1. The molecule has 0 bridgehead atoms. The summed E-state index contributed by atoms with van der Waals surface area (Å²) in [6.07, 6.45) is 3.71. The Morgan fingerprint density at radius 3 is 2.82 bits per heavy atom. The van der Waals surface area contributed by atoms with Gasteiger partial charge >= 0.3 is 11.9 Å². The maximum absolute atomic E-state index is 12.8. The van der Waals surface area contributed by atoms with E-state index in [0.29, 0.717) is 22.2 Å².